The van der Waals surface area contributed by atoms with Gasteiger partial charge in [0.05, 0.1) is 13.2 Å². The number of esters is 1. The Bertz CT molecular complexity index is 878. The van der Waals surface area contributed by atoms with E-state index in [2.05, 4.69) is 0 Å². The second kappa shape index (κ2) is 7.40. The van der Waals surface area contributed by atoms with Crippen LogP contribution in [-0.2, 0) is 19.1 Å². The lowest BCUT2D eigenvalue weighted by molar-refractivity contribution is -0.156. The molecule has 2 aromatic rings. The monoisotopic (exact) mass is 387 g/mol. The van der Waals surface area contributed by atoms with Gasteiger partial charge in [-0.2, -0.15) is 0 Å². The molecule has 1 fully saturated rings. The molecule has 1 saturated heterocycles. The van der Waals surface area contributed by atoms with Gasteiger partial charge in [-0.3, -0.25) is 14.4 Å². The summed E-state index contributed by atoms with van der Waals surface area (Å²) in [5.74, 6) is -5.46. The summed E-state index contributed by atoms with van der Waals surface area (Å²) in [6, 6.07) is 12.9. The number of hydrogen-bond acceptors (Lipinski definition) is 4. The van der Waals surface area contributed by atoms with Gasteiger partial charge in [0, 0.05) is 10.7 Å². The van der Waals surface area contributed by atoms with Crippen molar-refractivity contribution in [2.75, 3.05) is 12.0 Å². The Labute approximate surface area is 161 Å². The highest BCUT2D eigenvalue weighted by Crippen LogP contribution is 2.45. The Morgan fingerprint density at radius 3 is 2.19 bits per heavy atom. The number of aryl methyl sites for hydroxylation is 1. The molecule has 140 valence electrons. The molecule has 1 aliphatic rings. The number of benzene rings is 2. The van der Waals surface area contributed by atoms with Gasteiger partial charge >= 0.3 is 11.9 Å². The Kier molecular flexibility index (Phi) is 5.19. The van der Waals surface area contributed by atoms with E-state index in [1.807, 2.05) is 19.1 Å². The highest BCUT2D eigenvalue weighted by Gasteiger charge is 2.56. The molecule has 1 N–H and O–H groups in total. The van der Waals surface area contributed by atoms with Gasteiger partial charge in [0.25, 0.3) is 0 Å². The van der Waals surface area contributed by atoms with Crippen molar-refractivity contribution in [2.24, 2.45) is 11.8 Å². The van der Waals surface area contributed by atoms with Crippen LogP contribution in [-0.4, -0.2) is 30.1 Å². The van der Waals surface area contributed by atoms with Crippen LogP contribution in [0.25, 0.3) is 0 Å². The largest absolute Gasteiger partial charge is 0.481 e. The molecule has 0 aliphatic carbocycles. The van der Waals surface area contributed by atoms with Gasteiger partial charge in [-0.1, -0.05) is 41.4 Å². The summed E-state index contributed by atoms with van der Waals surface area (Å²) < 4.78 is 4.83. The van der Waals surface area contributed by atoms with Crippen LogP contribution >= 0.6 is 11.6 Å². The van der Waals surface area contributed by atoms with Crippen LogP contribution in [0.15, 0.2) is 48.5 Å². The van der Waals surface area contributed by atoms with E-state index in [-0.39, 0.29) is 0 Å². The average Bonchev–Trinajstić information content (AvgIpc) is 2.95. The van der Waals surface area contributed by atoms with E-state index in [9.17, 15) is 19.5 Å². The summed E-state index contributed by atoms with van der Waals surface area (Å²) in [7, 11) is 1.18. The summed E-state index contributed by atoms with van der Waals surface area (Å²) in [6.07, 6.45) is 0. The van der Waals surface area contributed by atoms with Crippen molar-refractivity contribution in [1.29, 1.82) is 0 Å². The molecular weight excluding hydrogens is 370 g/mol. The van der Waals surface area contributed by atoms with Gasteiger partial charge in [0.2, 0.25) is 5.91 Å². The molecule has 0 unspecified atom stereocenters. The molecule has 0 aromatic heterocycles. The fourth-order valence-electron chi connectivity index (χ4n) is 3.45. The third-order valence-electron chi connectivity index (χ3n) is 4.74. The minimum absolute atomic E-state index is 0.495. The van der Waals surface area contributed by atoms with Crippen molar-refractivity contribution in [3.63, 3.8) is 0 Å². The summed E-state index contributed by atoms with van der Waals surface area (Å²) in [4.78, 5) is 38.7. The van der Waals surface area contributed by atoms with Crippen molar-refractivity contribution in [2.45, 2.75) is 13.0 Å². The van der Waals surface area contributed by atoms with Crippen LogP contribution in [0.3, 0.4) is 0 Å². The molecule has 2 aromatic carbocycles. The smallest absolute Gasteiger partial charge is 0.317 e. The van der Waals surface area contributed by atoms with Crippen LogP contribution < -0.4 is 4.90 Å². The topological polar surface area (TPSA) is 83.9 Å². The molecule has 3 atom stereocenters. The van der Waals surface area contributed by atoms with Gasteiger partial charge in [-0.25, -0.2) is 0 Å². The van der Waals surface area contributed by atoms with Crippen LogP contribution in [0.2, 0.25) is 5.02 Å². The Hall–Kier alpha value is -2.86. The maximum absolute atomic E-state index is 13.0. The molecule has 6 nitrogen and oxygen atoms in total. The predicted octanol–water partition coefficient (Wildman–Crippen LogP) is 3.23. The van der Waals surface area contributed by atoms with Gasteiger partial charge in [0.15, 0.2) is 5.92 Å². The molecule has 3 rings (SSSR count). The Balaban J connectivity index is 2.19. The van der Waals surface area contributed by atoms with E-state index in [1.54, 1.807) is 36.4 Å². The molecule has 27 heavy (non-hydrogen) atoms. The second-order valence-corrected chi connectivity index (χ2v) is 6.84. The van der Waals surface area contributed by atoms with Gasteiger partial charge in [0.1, 0.15) is 5.92 Å². The lowest BCUT2D eigenvalue weighted by Gasteiger charge is -2.28. The molecule has 0 radical (unpaired) electrons. The van der Waals surface area contributed by atoms with E-state index in [4.69, 9.17) is 16.3 Å². The van der Waals surface area contributed by atoms with Crippen molar-refractivity contribution >= 4 is 35.1 Å². The third kappa shape index (κ3) is 3.40. The number of anilines is 1. The number of methoxy groups -OCH3 is 1. The number of rotatable bonds is 4. The number of ether oxygens (including phenoxy) is 1. The van der Waals surface area contributed by atoms with E-state index >= 15 is 0 Å². The Morgan fingerprint density at radius 1 is 1.07 bits per heavy atom. The number of carbonyl (C=O) groups is 3. The molecule has 0 spiro atoms. The summed E-state index contributed by atoms with van der Waals surface area (Å²) in [6.45, 7) is 1.91. The van der Waals surface area contributed by atoms with Crippen molar-refractivity contribution in [3.05, 3.63) is 64.7 Å². The first-order valence-corrected chi connectivity index (χ1v) is 8.68. The number of hydrogen-bond donors (Lipinski definition) is 1. The number of amides is 1. The molecule has 1 aliphatic heterocycles. The van der Waals surface area contributed by atoms with Crippen LogP contribution in [0.4, 0.5) is 5.69 Å². The van der Waals surface area contributed by atoms with Crippen molar-refractivity contribution in [1.82, 2.24) is 0 Å². The maximum Gasteiger partial charge on any atom is 0.317 e. The number of aliphatic carboxylic acids is 1. The lowest BCUT2D eigenvalue weighted by atomic mass is 9.86. The van der Waals surface area contributed by atoms with Crippen LogP contribution in [0.5, 0.6) is 0 Å². The molecule has 1 heterocycles. The van der Waals surface area contributed by atoms with Gasteiger partial charge < -0.3 is 14.7 Å². The SMILES string of the molecule is COC(=O)[C@@H]1[C@@H](C(=O)O)C(=O)N(c2ccc(C)cc2)[C@H]1c1ccc(Cl)cc1. The first-order valence-electron chi connectivity index (χ1n) is 8.31. The minimum atomic E-state index is -1.53. The quantitative estimate of drug-likeness (QED) is 0.643. The molecular formula is C20H18ClNO5. The number of carboxylic acid groups (broad SMARTS) is 1. The zero-order valence-corrected chi connectivity index (χ0v) is 15.5. The standard InChI is InChI=1S/C20H18ClNO5/c1-11-3-9-14(10-4-11)22-17(12-5-7-13(21)8-6-12)15(20(26)27-2)16(18(22)23)19(24)25/h3-10,15-17H,1-2H3,(H,24,25)/t15-,16-,17+/m1/s1. The summed E-state index contributed by atoms with van der Waals surface area (Å²) in [5.41, 5.74) is 2.11. The first-order chi connectivity index (χ1) is 12.8. The van der Waals surface area contributed by atoms with E-state index in [0.29, 0.717) is 16.3 Å². The van der Waals surface area contributed by atoms with E-state index in [1.165, 1.54) is 12.0 Å². The Morgan fingerprint density at radius 2 is 1.67 bits per heavy atom. The minimum Gasteiger partial charge on any atom is -0.481 e. The normalized spacial score (nSPS) is 22.0. The van der Waals surface area contributed by atoms with Crippen LogP contribution in [0, 0.1) is 18.8 Å². The number of carboxylic acids is 1. The maximum atomic E-state index is 13.0. The van der Waals surface area contributed by atoms with Crippen molar-refractivity contribution < 1.29 is 24.2 Å². The molecule has 0 saturated carbocycles. The zero-order valence-electron chi connectivity index (χ0n) is 14.8. The number of halogens is 1. The number of carbonyl (C=O) groups excluding carboxylic acids is 2. The molecule has 0 bridgehead atoms. The zero-order chi connectivity index (χ0) is 19.7. The average molecular weight is 388 g/mol. The summed E-state index contributed by atoms with van der Waals surface area (Å²) in [5, 5.41) is 10.1. The predicted molar refractivity (Wildman–Crippen MR) is 99.5 cm³/mol. The molecule has 7 heteroatoms. The van der Waals surface area contributed by atoms with E-state index in [0.717, 1.165) is 5.56 Å². The van der Waals surface area contributed by atoms with E-state index < -0.39 is 35.7 Å². The highest BCUT2D eigenvalue weighted by atomic mass is 35.5. The number of nitrogens with zero attached hydrogens (tertiary/aromatic N) is 1. The fraction of sp³-hybridized carbons (Fsp3) is 0.250. The van der Waals surface area contributed by atoms with Gasteiger partial charge in [-0.05, 0) is 36.8 Å². The van der Waals surface area contributed by atoms with Gasteiger partial charge in [-0.15, -0.1) is 0 Å². The fourth-order valence-corrected chi connectivity index (χ4v) is 3.58. The van der Waals surface area contributed by atoms with Crippen LogP contribution in [0.1, 0.15) is 17.2 Å². The van der Waals surface area contributed by atoms with Crippen molar-refractivity contribution in [3.8, 4) is 0 Å². The summed E-state index contributed by atoms with van der Waals surface area (Å²) >= 11 is 5.96. The first kappa shape index (κ1) is 18.9. The highest BCUT2D eigenvalue weighted by molar-refractivity contribution is 6.30. The molecule has 1 amide bonds. The third-order valence-corrected chi connectivity index (χ3v) is 5.00. The lowest BCUT2D eigenvalue weighted by Crippen LogP contribution is -2.32. The second-order valence-electron chi connectivity index (χ2n) is 6.41.